The minimum absolute atomic E-state index is 0.203. The lowest BCUT2D eigenvalue weighted by Gasteiger charge is -2.06. The monoisotopic (exact) mass is 386 g/mol. The fourth-order valence-electron chi connectivity index (χ4n) is 2.65. The van der Waals surface area contributed by atoms with Gasteiger partial charge in [-0.3, -0.25) is 9.59 Å². The van der Waals surface area contributed by atoms with E-state index in [9.17, 15) is 9.59 Å². The van der Waals surface area contributed by atoms with E-state index in [-0.39, 0.29) is 11.8 Å². The molecule has 0 aliphatic carbocycles. The minimum atomic E-state index is -0.275. The van der Waals surface area contributed by atoms with Crippen molar-refractivity contribution in [1.82, 2.24) is 5.32 Å². The Hall–Kier alpha value is -3.86. The summed E-state index contributed by atoms with van der Waals surface area (Å²) in [6, 6.07) is 24.2. The zero-order valence-corrected chi connectivity index (χ0v) is 16.1. The lowest BCUT2D eigenvalue weighted by molar-refractivity contribution is -0.111. The van der Waals surface area contributed by atoms with E-state index in [0.29, 0.717) is 17.9 Å². The third-order valence-electron chi connectivity index (χ3n) is 4.17. The van der Waals surface area contributed by atoms with Crippen LogP contribution in [0.25, 0.3) is 6.08 Å². The van der Waals surface area contributed by atoms with Crippen molar-refractivity contribution in [3.63, 3.8) is 0 Å². The molecule has 5 heteroatoms. The Morgan fingerprint density at radius 2 is 1.69 bits per heavy atom. The van der Waals surface area contributed by atoms with Gasteiger partial charge in [0.2, 0.25) is 5.91 Å². The van der Waals surface area contributed by atoms with Crippen LogP contribution in [0, 0.1) is 0 Å². The van der Waals surface area contributed by atoms with E-state index < -0.39 is 0 Å². The number of hydrogen-bond donors (Lipinski definition) is 2. The number of carbonyl (C=O) groups excluding carboxylic acids is 2. The van der Waals surface area contributed by atoms with Crippen molar-refractivity contribution in [2.75, 3.05) is 12.4 Å². The molecule has 3 aromatic rings. The van der Waals surface area contributed by atoms with Gasteiger partial charge in [-0.05, 0) is 47.5 Å². The number of rotatable bonds is 7. The molecule has 5 nitrogen and oxygen atoms in total. The first kappa shape index (κ1) is 19.9. The van der Waals surface area contributed by atoms with Crippen molar-refractivity contribution in [1.29, 1.82) is 0 Å². The summed E-state index contributed by atoms with van der Waals surface area (Å²) in [6.07, 6.45) is 3.17. The molecule has 0 atom stereocenters. The van der Waals surface area contributed by atoms with Crippen LogP contribution in [0.1, 0.15) is 21.5 Å². The maximum absolute atomic E-state index is 12.1. The van der Waals surface area contributed by atoms with Gasteiger partial charge < -0.3 is 15.4 Å². The molecular weight excluding hydrogens is 364 g/mol. The topological polar surface area (TPSA) is 67.4 Å². The second kappa shape index (κ2) is 9.90. The molecule has 0 heterocycles. The Morgan fingerprint density at radius 1 is 0.931 bits per heavy atom. The molecule has 0 spiro atoms. The Labute approximate surface area is 170 Å². The second-order valence-corrected chi connectivity index (χ2v) is 6.33. The Kier molecular flexibility index (Phi) is 6.79. The normalized spacial score (nSPS) is 10.5. The average molecular weight is 386 g/mol. The molecular formula is C24H22N2O3. The van der Waals surface area contributed by atoms with E-state index in [0.717, 1.165) is 16.9 Å². The second-order valence-electron chi connectivity index (χ2n) is 6.33. The Balaban J connectivity index is 1.54. The van der Waals surface area contributed by atoms with E-state index in [1.165, 1.54) is 6.08 Å². The number of hydrogen-bond acceptors (Lipinski definition) is 3. The lowest BCUT2D eigenvalue weighted by Crippen LogP contribution is -2.18. The van der Waals surface area contributed by atoms with Gasteiger partial charge >= 0.3 is 0 Å². The van der Waals surface area contributed by atoms with Crippen molar-refractivity contribution in [2.45, 2.75) is 6.61 Å². The van der Waals surface area contributed by atoms with E-state index in [2.05, 4.69) is 10.6 Å². The van der Waals surface area contributed by atoms with Crippen LogP contribution in [-0.4, -0.2) is 18.9 Å². The summed E-state index contributed by atoms with van der Waals surface area (Å²) in [4.78, 5) is 23.8. The first-order chi connectivity index (χ1) is 14.1. The third-order valence-corrected chi connectivity index (χ3v) is 4.17. The van der Waals surface area contributed by atoms with Gasteiger partial charge in [0.1, 0.15) is 12.4 Å². The molecule has 0 aliphatic heterocycles. The average Bonchev–Trinajstić information content (AvgIpc) is 2.77. The number of anilines is 1. The van der Waals surface area contributed by atoms with Gasteiger partial charge in [0, 0.05) is 24.4 Å². The molecule has 3 aromatic carbocycles. The van der Waals surface area contributed by atoms with Crippen LogP contribution in [0.4, 0.5) is 5.69 Å². The summed E-state index contributed by atoms with van der Waals surface area (Å²) in [5, 5.41) is 5.31. The summed E-state index contributed by atoms with van der Waals surface area (Å²) in [7, 11) is 1.56. The van der Waals surface area contributed by atoms with Crippen LogP contribution in [0.15, 0.2) is 84.9 Å². The van der Waals surface area contributed by atoms with E-state index in [1.54, 1.807) is 37.4 Å². The standard InChI is InChI=1S/C24H22N2O3/c1-25-24(28)20-8-5-9-21(16-20)26-23(27)15-12-18-10-13-22(14-11-18)29-17-19-6-3-2-4-7-19/h2-16H,17H2,1H3,(H,25,28)(H,26,27)/b15-12+. The Morgan fingerprint density at radius 3 is 2.41 bits per heavy atom. The van der Waals surface area contributed by atoms with Gasteiger partial charge in [0.25, 0.3) is 5.91 Å². The smallest absolute Gasteiger partial charge is 0.251 e. The summed E-state index contributed by atoms with van der Waals surface area (Å²) in [5.41, 5.74) is 3.03. The molecule has 0 saturated carbocycles. The highest BCUT2D eigenvalue weighted by atomic mass is 16.5. The number of benzene rings is 3. The molecule has 2 amide bonds. The molecule has 0 aliphatic rings. The highest BCUT2D eigenvalue weighted by Gasteiger charge is 2.05. The van der Waals surface area contributed by atoms with Crippen LogP contribution in [0.2, 0.25) is 0 Å². The van der Waals surface area contributed by atoms with Gasteiger partial charge in [-0.2, -0.15) is 0 Å². The SMILES string of the molecule is CNC(=O)c1cccc(NC(=O)/C=C/c2ccc(OCc3ccccc3)cc2)c1. The molecule has 0 unspecified atom stereocenters. The summed E-state index contributed by atoms with van der Waals surface area (Å²) in [5.74, 6) is 0.288. The summed E-state index contributed by atoms with van der Waals surface area (Å²) in [6.45, 7) is 0.507. The van der Waals surface area contributed by atoms with Crippen molar-refractivity contribution in [3.05, 3.63) is 102 Å². The predicted octanol–water partition coefficient (Wildman–Crippen LogP) is 4.28. The fourth-order valence-corrected chi connectivity index (χ4v) is 2.65. The van der Waals surface area contributed by atoms with Crippen LogP contribution in [0.3, 0.4) is 0 Å². The molecule has 0 fully saturated rings. The maximum Gasteiger partial charge on any atom is 0.251 e. The number of carbonyl (C=O) groups is 2. The van der Waals surface area contributed by atoms with E-state index in [1.807, 2.05) is 54.6 Å². The highest BCUT2D eigenvalue weighted by Crippen LogP contribution is 2.15. The maximum atomic E-state index is 12.1. The van der Waals surface area contributed by atoms with E-state index in [4.69, 9.17) is 4.74 Å². The van der Waals surface area contributed by atoms with Crippen LogP contribution < -0.4 is 15.4 Å². The highest BCUT2D eigenvalue weighted by molar-refractivity contribution is 6.03. The van der Waals surface area contributed by atoms with Crippen LogP contribution in [-0.2, 0) is 11.4 Å². The van der Waals surface area contributed by atoms with Gasteiger partial charge in [-0.1, -0.05) is 48.5 Å². The predicted molar refractivity (Wildman–Crippen MR) is 115 cm³/mol. The van der Waals surface area contributed by atoms with E-state index >= 15 is 0 Å². The molecule has 146 valence electrons. The first-order valence-electron chi connectivity index (χ1n) is 9.22. The van der Waals surface area contributed by atoms with Crippen LogP contribution >= 0.6 is 0 Å². The largest absolute Gasteiger partial charge is 0.489 e. The van der Waals surface area contributed by atoms with Crippen molar-refractivity contribution < 1.29 is 14.3 Å². The zero-order chi connectivity index (χ0) is 20.5. The molecule has 0 aromatic heterocycles. The molecule has 29 heavy (non-hydrogen) atoms. The first-order valence-corrected chi connectivity index (χ1v) is 9.22. The number of amides is 2. The molecule has 3 rings (SSSR count). The number of ether oxygens (including phenoxy) is 1. The molecule has 0 radical (unpaired) electrons. The molecule has 2 N–H and O–H groups in total. The summed E-state index contributed by atoms with van der Waals surface area (Å²) < 4.78 is 5.76. The van der Waals surface area contributed by atoms with Gasteiger partial charge in [-0.25, -0.2) is 0 Å². The quantitative estimate of drug-likeness (QED) is 0.596. The molecule has 0 bridgehead atoms. The third kappa shape index (κ3) is 6.07. The van der Waals surface area contributed by atoms with Gasteiger partial charge in [0.05, 0.1) is 0 Å². The van der Waals surface area contributed by atoms with Gasteiger partial charge in [0.15, 0.2) is 0 Å². The lowest BCUT2D eigenvalue weighted by atomic mass is 10.2. The zero-order valence-electron chi connectivity index (χ0n) is 16.1. The van der Waals surface area contributed by atoms with Crippen molar-refractivity contribution >= 4 is 23.6 Å². The Bertz CT molecular complexity index is 996. The van der Waals surface area contributed by atoms with Crippen molar-refractivity contribution in [3.8, 4) is 5.75 Å². The van der Waals surface area contributed by atoms with Crippen molar-refractivity contribution in [2.24, 2.45) is 0 Å². The fraction of sp³-hybridized carbons (Fsp3) is 0.0833. The molecule has 0 saturated heterocycles. The van der Waals surface area contributed by atoms with Gasteiger partial charge in [-0.15, -0.1) is 0 Å². The number of nitrogens with one attached hydrogen (secondary N) is 2. The van der Waals surface area contributed by atoms with Crippen LogP contribution in [0.5, 0.6) is 5.75 Å². The summed E-state index contributed by atoms with van der Waals surface area (Å²) >= 11 is 0. The minimum Gasteiger partial charge on any atom is -0.489 e.